The summed E-state index contributed by atoms with van der Waals surface area (Å²) in [6.07, 6.45) is 4.07. The number of likely N-dealkylation sites (tertiary alicyclic amines) is 1. The lowest BCUT2D eigenvalue weighted by Crippen LogP contribution is -2.49. The van der Waals surface area contributed by atoms with E-state index in [9.17, 15) is 9.90 Å². The summed E-state index contributed by atoms with van der Waals surface area (Å²) in [6.45, 7) is 1.76. The Bertz CT molecular complexity index is 461. The molecule has 4 N–H and O–H groups in total. The first-order chi connectivity index (χ1) is 10.1. The summed E-state index contributed by atoms with van der Waals surface area (Å²) >= 11 is 0. The number of benzene rings is 1. The van der Waals surface area contributed by atoms with E-state index in [-0.39, 0.29) is 11.7 Å². The summed E-state index contributed by atoms with van der Waals surface area (Å²) in [6, 6.07) is 6.66. The van der Waals surface area contributed by atoms with Gasteiger partial charge in [0.2, 0.25) is 5.91 Å². The molecule has 0 saturated carbocycles. The Hall–Kier alpha value is -1.59. The number of hydrogen-bond acceptors (Lipinski definition) is 4. The zero-order valence-electron chi connectivity index (χ0n) is 12.6. The number of aromatic hydroxyl groups is 1. The van der Waals surface area contributed by atoms with Crippen LogP contribution in [0.25, 0.3) is 0 Å². The first-order valence-corrected chi connectivity index (χ1v) is 7.57. The summed E-state index contributed by atoms with van der Waals surface area (Å²) in [5.74, 6) is 0.110. The second kappa shape index (κ2) is 7.43. The predicted molar refractivity (Wildman–Crippen MR) is 83.1 cm³/mol. The Balaban J connectivity index is 1.78. The fraction of sp³-hybridized carbons (Fsp3) is 0.562. The maximum atomic E-state index is 12.1. The molecule has 1 amide bonds. The molecule has 0 bridgehead atoms. The molecule has 0 aliphatic carbocycles. The SMILES string of the molecule is CN1CCCCC1CNC(=O)C(N)Cc1ccc(O)cc1. The van der Waals surface area contributed by atoms with Crippen LogP contribution in [0.4, 0.5) is 0 Å². The van der Waals surface area contributed by atoms with Crippen LogP contribution in [0.15, 0.2) is 24.3 Å². The van der Waals surface area contributed by atoms with Gasteiger partial charge < -0.3 is 21.1 Å². The van der Waals surface area contributed by atoms with Crippen LogP contribution in [0.5, 0.6) is 5.75 Å². The highest BCUT2D eigenvalue weighted by Crippen LogP contribution is 2.14. The third-order valence-electron chi connectivity index (χ3n) is 4.16. The molecule has 2 rings (SSSR count). The minimum atomic E-state index is -0.552. The molecule has 1 aromatic rings. The van der Waals surface area contributed by atoms with Gasteiger partial charge in [0.05, 0.1) is 6.04 Å². The molecule has 1 fully saturated rings. The minimum Gasteiger partial charge on any atom is -0.508 e. The number of piperidine rings is 1. The molecule has 1 aliphatic rings. The van der Waals surface area contributed by atoms with Crippen molar-refractivity contribution in [1.29, 1.82) is 0 Å². The molecule has 5 heteroatoms. The largest absolute Gasteiger partial charge is 0.508 e. The van der Waals surface area contributed by atoms with Gasteiger partial charge in [0.25, 0.3) is 0 Å². The normalized spacial score (nSPS) is 21.0. The summed E-state index contributed by atoms with van der Waals surface area (Å²) < 4.78 is 0. The maximum Gasteiger partial charge on any atom is 0.237 e. The highest BCUT2D eigenvalue weighted by atomic mass is 16.3. The van der Waals surface area contributed by atoms with E-state index in [0.29, 0.717) is 19.0 Å². The van der Waals surface area contributed by atoms with Gasteiger partial charge in [-0.05, 0) is 50.6 Å². The van der Waals surface area contributed by atoms with Crippen LogP contribution < -0.4 is 11.1 Å². The summed E-state index contributed by atoms with van der Waals surface area (Å²) in [7, 11) is 2.10. The average Bonchev–Trinajstić information content (AvgIpc) is 2.48. The number of carbonyl (C=O) groups is 1. The lowest BCUT2D eigenvalue weighted by molar-refractivity contribution is -0.122. The van der Waals surface area contributed by atoms with E-state index >= 15 is 0 Å². The smallest absolute Gasteiger partial charge is 0.237 e. The number of hydrogen-bond donors (Lipinski definition) is 3. The van der Waals surface area contributed by atoms with Gasteiger partial charge >= 0.3 is 0 Å². The van der Waals surface area contributed by atoms with Crippen molar-refractivity contribution in [3.8, 4) is 5.75 Å². The van der Waals surface area contributed by atoms with Gasteiger partial charge in [-0.2, -0.15) is 0 Å². The standard InChI is InChI=1S/C16H25N3O2/c1-19-9-3-2-4-13(19)11-18-16(21)15(17)10-12-5-7-14(20)8-6-12/h5-8,13,15,20H,2-4,9-11,17H2,1H3,(H,18,21). The molecule has 5 nitrogen and oxygen atoms in total. The Morgan fingerprint density at radius 2 is 2.14 bits per heavy atom. The molecule has 116 valence electrons. The molecule has 0 aromatic heterocycles. The van der Waals surface area contributed by atoms with E-state index in [2.05, 4.69) is 17.3 Å². The lowest BCUT2D eigenvalue weighted by atomic mass is 10.0. The van der Waals surface area contributed by atoms with Gasteiger partial charge in [-0.3, -0.25) is 4.79 Å². The Kier molecular flexibility index (Phi) is 5.59. The summed E-state index contributed by atoms with van der Waals surface area (Å²) in [5.41, 5.74) is 6.90. The van der Waals surface area contributed by atoms with Gasteiger partial charge in [0, 0.05) is 12.6 Å². The fourth-order valence-corrected chi connectivity index (χ4v) is 2.73. The van der Waals surface area contributed by atoms with Gasteiger partial charge in [-0.1, -0.05) is 18.6 Å². The second-order valence-electron chi connectivity index (χ2n) is 5.85. The van der Waals surface area contributed by atoms with E-state index in [1.54, 1.807) is 24.3 Å². The first-order valence-electron chi connectivity index (χ1n) is 7.57. The van der Waals surface area contributed by atoms with E-state index in [1.165, 1.54) is 12.8 Å². The molecular weight excluding hydrogens is 266 g/mol. The number of phenolic OH excluding ortho intramolecular Hbond substituents is 1. The molecule has 1 aliphatic heterocycles. The number of nitrogens with two attached hydrogens (primary N) is 1. The van der Waals surface area contributed by atoms with Crippen molar-refractivity contribution in [1.82, 2.24) is 10.2 Å². The molecule has 1 aromatic carbocycles. The zero-order valence-corrected chi connectivity index (χ0v) is 12.6. The van der Waals surface area contributed by atoms with Crippen molar-refractivity contribution in [3.63, 3.8) is 0 Å². The summed E-state index contributed by atoms with van der Waals surface area (Å²) in [5, 5.41) is 12.2. The van der Waals surface area contributed by atoms with Crippen molar-refractivity contribution in [2.45, 2.75) is 37.8 Å². The van der Waals surface area contributed by atoms with E-state index in [0.717, 1.165) is 18.5 Å². The van der Waals surface area contributed by atoms with Crippen LogP contribution in [0.2, 0.25) is 0 Å². The van der Waals surface area contributed by atoms with Crippen molar-refractivity contribution in [3.05, 3.63) is 29.8 Å². The number of likely N-dealkylation sites (N-methyl/N-ethyl adjacent to an activating group) is 1. The Labute approximate surface area is 126 Å². The summed E-state index contributed by atoms with van der Waals surface area (Å²) in [4.78, 5) is 14.4. The molecular formula is C16H25N3O2. The number of carbonyl (C=O) groups excluding carboxylic acids is 1. The number of nitrogens with zero attached hydrogens (tertiary/aromatic N) is 1. The van der Waals surface area contributed by atoms with Crippen molar-refractivity contribution < 1.29 is 9.90 Å². The topological polar surface area (TPSA) is 78.6 Å². The molecule has 21 heavy (non-hydrogen) atoms. The highest BCUT2D eigenvalue weighted by molar-refractivity contribution is 5.81. The number of nitrogens with one attached hydrogen (secondary N) is 1. The van der Waals surface area contributed by atoms with Crippen molar-refractivity contribution >= 4 is 5.91 Å². The molecule has 0 spiro atoms. The third kappa shape index (κ3) is 4.72. The quantitative estimate of drug-likeness (QED) is 0.752. The van der Waals surface area contributed by atoms with Crippen LogP contribution in [0.3, 0.4) is 0 Å². The van der Waals surface area contributed by atoms with Crippen molar-refractivity contribution in [2.24, 2.45) is 5.73 Å². The van der Waals surface area contributed by atoms with E-state index in [1.807, 2.05) is 0 Å². The fourth-order valence-electron chi connectivity index (χ4n) is 2.73. The Morgan fingerprint density at radius 3 is 2.81 bits per heavy atom. The molecule has 2 atom stereocenters. The Morgan fingerprint density at radius 1 is 1.43 bits per heavy atom. The average molecular weight is 291 g/mol. The van der Waals surface area contributed by atoms with Gasteiger partial charge in [-0.25, -0.2) is 0 Å². The van der Waals surface area contributed by atoms with Crippen LogP contribution >= 0.6 is 0 Å². The van der Waals surface area contributed by atoms with Gasteiger partial charge in [-0.15, -0.1) is 0 Å². The molecule has 1 saturated heterocycles. The van der Waals surface area contributed by atoms with Crippen LogP contribution in [-0.4, -0.2) is 48.1 Å². The highest BCUT2D eigenvalue weighted by Gasteiger charge is 2.21. The third-order valence-corrected chi connectivity index (χ3v) is 4.16. The number of rotatable bonds is 5. The van der Waals surface area contributed by atoms with Crippen molar-refractivity contribution in [2.75, 3.05) is 20.1 Å². The van der Waals surface area contributed by atoms with E-state index in [4.69, 9.17) is 5.73 Å². The number of phenols is 1. The first kappa shape index (κ1) is 15.8. The van der Waals surface area contributed by atoms with Crippen LogP contribution in [0, 0.1) is 0 Å². The minimum absolute atomic E-state index is 0.109. The van der Waals surface area contributed by atoms with Crippen LogP contribution in [-0.2, 0) is 11.2 Å². The number of amides is 1. The monoisotopic (exact) mass is 291 g/mol. The van der Waals surface area contributed by atoms with Crippen LogP contribution in [0.1, 0.15) is 24.8 Å². The molecule has 0 radical (unpaired) electrons. The van der Waals surface area contributed by atoms with Gasteiger partial charge in [0.1, 0.15) is 5.75 Å². The zero-order chi connectivity index (χ0) is 15.2. The van der Waals surface area contributed by atoms with Gasteiger partial charge in [0.15, 0.2) is 0 Å². The second-order valence-corrected chi connectivity index (χ2v) is 5.85. The maximum absolute atomic E-state index is 12.1. The molecule has 2 unspecified atom stereocenters. The lowest BCUT2D eigenvalue weighted by Gasteiger charge is -2.32. The van der Waals surface area contributed by atoms with E-state index < -0.39 is 6.04 Å². The predicted octanol–water partition coefficient (Wildman–Crippen LogP) is 0.863. The molecule has 1 heterocycles.